The van der Waals surface area contributed by atoms with Gasteiger partial charge >= 0.3 is 0 Å². The van der Waals surface area contributed by atoms with Crippen LogP contribution in [0.1, 0.15) is 17.2 Å². The Bertz CT molecular complexity index is 1140. The maximum atomic E-state index is 13.1. The Balaban J connectivity index is 1.98. The molecule has 1 atom stereocenters. The van der Waals surface area contributed by atoms with Crippen molar-refractivity contribution < 1.29 is 19.4 Å². The third-order valence-corrected chi connectivity index (χ3v) is 5.45. The van der Waals surface area contributed by atoms with Gasteiger partial charge in [-0.25, -0.2) is 0 Å². The topological polar surface area (TPSA) is 79.7 Å². The summed E-state index contributed by atoms with van der Waals surface area (Å²) >= 11 is 3.36. The van der Waals surface area contributed by atoms with Crippen LogP contribution in [-0.2, 0) is 9.59 Å². The van der Waals surface area contributed by atoms with E-state index >= 15 is 0 Å². The average molecular weight is 465 g/mol. The normalized spacial score (nSPS) is 17.9. The Morgan fingerprint density at radius 3 is 2.47 bits per heavy atom. The zero-order valence-corrected chi connectivity index (χ0v) is 17.5. The van der Waals surface area contributed by atoms with E-state index in [1.54, 1.807) is 66.9 Å². The van der Waals surface area contributed by atoms with Gasteiger partial charge in [-0.3, -0.25) is 19.5 Å². The van der Waals surface area contributed by atoms with Crippen LogP contribution < -0.4 is 9.64 Å². The number of carbonyl (C=O) groups excluding carboxylic acids is 2. The Kier molecular flexibility index (Phi) is 5.37. The summed E-state index contributed by atoms with van der Waals surface area (Å²) in [6.07, 6.45) is 3.09. The van der Waals surface area contributed by atoms with Gasteiger partial charge in [0.05, 0.1) is 30.6 Å². The zero-order valence-electron chi connectivity index (χ0n) is 15.9. The Hall–Kier alpha value is -3.45. The van der Waals surface area contributed by atoms with Crippen LogP contribution in [0.3, 0.4) is 0 Å². The second-order valence-corrected chi connectivity index (χ2v) is 7.54. The molecule has 0 aliphatic carbocycles. The molecule has 4 rings (SSSR count). The van der Waals surface area contributed by atoms with E-state index in [1.165, 1.54) is 18.2 Å². The highest BCUT2D eigenvalue weighted by atomic mass is 79.9. The summed E-state index contributed by atoms with van der Waals surface area (Å²) in [4.78, 5) is 31.5. The predicted octanol–water partition coefficient (Wildman–Crippen LogP) is 4.48. The van der Waals surface area contributed by atoms with Crippen LogP contribution in [-0.4, -0.2) is 28.9 Å². The molecule has 1 N–H and O–H groups in total. The lowest BCUT2D eigenvalue weighted by Gasteiger charge is -2.26. The summed E-state index contributed by atoms with van der Waals surface area (Å²) in [5.41, 5.74) is 1.46. The number of aromatic nitrogens is 1. The number of methoxy groups -OCH3 is 1. The number of amides is 1. The molecule has 7 heteroatoms. The first-order valence-corrected chi connectivity index (χ1v) is 9.92. The summed E-state index contributed by atoms with van der Waals surface area (Å²) in [5, 5.41) is 11.1. The van der Waals surface area contributed by atoms with E-state index in [2.05, 4.69) is 20.9 Å². The molecule has 1 unspecified atom stereocenters. The molecule has 6 nitrogen and oxygen atoms in total. The quantitative estimate of drug-likeness (QED) is 0.349. The molecular formula is C23H17BrN2O4. The molecule has 3 aromatic rings. The van der Waals surface area contributed by atoms with Gasteiger partial charge < -0.3 is 9.84 Å². The summed E-state index contributed by atoms with van der Waals surface area (Å²) in [6, 6.07) is 16.5. The van der Waals surface area contributed by atoms with Crippen LogP contribution in [0.15, 0.2) is 83.1 Å². The molecule has 0 spiro atoms. The van der Waals surface area contributed by atoms with Gasteiger partial charge in [0, 0.05) is 21.8 Å². The largest absolute Gasteiger partial charge is 0.507 e. The van der Waals surface area contributed by atoms with Crippen molar-refractivity contribution >= 4 is 39.1 Å². The standard InChI is InChI=1S/C23H17BrN2O4/c1-30-18-7-3-2-6-17(18)20-19(21(27)14-8-10-15(24)11-9-14)22(28)23(29)26(20)16-5-4-12-25-13-16/h2-13,20,27H,1H3/b21-19-. The van der Waals surface area contributed by atoms with Gasteiger partial charge in [0.15, 0.2) is 0 Å². The van der Waals surface area contributed by atoms with Gasteiger partial charge in [-0.15, -0.1) is 0 Å². The number of nitrogens with zero attached hydrogens (tertiary/aromatic N) is 2. The van der Waals surface area contributed by atoms with Crippen LogP contribution in [0.2, 0.25) is 0 Å². The number of aliphatic hydroxyl groups is 1. The minimum absolute atomic E-state index is 0.00400. The second kappa shape index (κ2) is 8.12. The minimum atomic E-state index is -0.867. The van der Waals surface area contributed by atoms with E-state index in [1.807, 2.05) is 0 Å². The number of ketones is 1. The fourth-order valence-electron chi connectivity index (χ4n) is 3.54. The van der Waals surface area contributed by atoms with Gasteiger partial charge in [0.2, 0.25) is 0 Å². The van der Waals surface area contributed by atoms with E-state index in [0.717, 1.165) is 4.47 Å². The van der Waals surface area contributed by atoms with Gasteiger partial charge in [-0.05, 0) is 30.3 Å². The number of Topliss-reactive ketones (excluding diaryl/α,β-unsaturated/α-hetero) is 1. The monoisotopic (exact) mass is 464 g/mol. The third-order valence-electron chi connectivity index (χ3n) is 4.92. The number of benzene rings is 2. The van der Waals surface area contributed by atoms with Crippen LogP contribution >= 0.6 is 15.9 Å². The second-order valence-electron chi connectivity index (χ2n) is 6.63. The molecule has 0 radical (unpaired) electrons. The van der Waals surface area contributed by atoms with Crippen molar-refractivity contribution in [2.45, 2.75) is 6.04 Å². The fourth-order valence-corrected chi connectivity index (χ4v) is 3.81. The van der Waals surface area contributed by atoms with Crippen LogP contribution in [0.25, 0.3) is 5.76 Å². The summed E-state index contributed by atoms with van der Waals surface area (Å²) in [7, 11) is 1.52. The smallest absolute Gasteiger partial charge is 0.300 e. The summed E-state index contributed by atoms with van der Waals surface area (Å²) < 4.78 is 6.32. The number of aliphatic hydroxyl groups excluding tert-OH is 1. The van der Waals surface area contributed by atoms with Gasteiger partial charge in [0.1, 0.15) is 11.5 Å². The summed E-state index contributed by atoms with van der Waals surface area (Å²) in [6.45, 7) is 0. The highest BCUT2D eigenvalue weighted by molar-refractivity contribution is 9.10. The Labute approximate surface area is 181 Å². The van der Waals surface area contributed by atoms with Crippen LogP contribution in [0.4, 0.5) is 5.69 Å². The SMILES string of the molecule is COc1ccccc1C1/C(=C(/O)c2ccc(Br)cc2)C(=O)C(=O)N1c1cccnc1. The molecular weight excluding hydrogens is 448 g/mol. The first-order valence-electron chi connectivity index (χ1n) is 9.13. The van der Waals surface area contributed by atoms with Crippen molar-refractivity contribution in [1.82, 2.24) is 4.98 Å². The van der Waals surface area contributed by atoms with E-state index in [-0.39, 0.29) is 11.3 Å². The highest BCUT2D eigenvalue weighted by Gasteiger charge is 2.47. The van der Waals surface area contributed by atoms with Crippen LogP contribution in [0.5, 0.6) is 5.75 Å². The number of halogens is 1. The minimum Gasteiger partial charge on any atom is -0.507 e. The molecule has 1 saturated heterocycles. The Morgan fingerprint density at radius 2 is 1.80 bits per heavy atom. The van der Waals surface area contributed by atoms with E-state index < -0.39 is 17.7 Å². The summed E-state index contributed by atoms with van der Waals surface area (Å²) in [5.74, 6) is -1.25. The first kappa shape index (κ1) is 19.8. The van der Waals surface area contributed by atoms with Crippen LogP contribution in [0, 0.1) is 0 Å². The molecule has 2 heterocycles. The molecule has 150 valence electrons. The van der Waals surface area contributed by atoms with Gasteiger partial charge in [-0.2, -0.15) is 0 Å². The number of para-hydroxylation sites is 1. The number of anilines is 1. The Morgan fingerprint density at radius 1 is 1.07 bits per heavy atom. The van der Waals surface area contributed by atoms with Gasteiger partial charge in [-0.1, -0.05) is 46.3 Å². The van der Waals surface area contributed by atoms with Gasteiger partial charge in [0.25, 0.3) is 11.7 Å². The van der Waals surface area contributed by atoms with Crippen molar-refractivity contribution in [3.05, 3.63) is 94.2 Å². The maximum absolute atomic E-state index is 13.1. The molecule has 1 aliphatic heterocycles. The zero-order chi connectivity index (χ0) is 21.3. The van der Waals surface area contributed by atoms with E-state index in [4.69, 9.17) is 4.74 Å². The number of hydrogen-bond acceptors (Lipinski definition) is 5. The highest BCUT2D eigenvalue weighted by Crippen LogP contribution is 2.44. The van der Waals surface area contributed by atoms with E-state index in [9.17, 15) is 14.7 Å². The fraction of sp³-hybridized carbons (Fsp3) is 0.0870. The number of carbonyl (C=O) groups is 2. The lowest BCUT2D eigenvalue weighted by molar-refractivity contribution is -0.132. The lowest BCUT2D eigenvalue weighted by atomic mass is 9.94. The predicted molar refractivity (Wildman–Crippen MR) is 116 cm³/mol. The number of ether oxygens (including phenoxy) is 1. The molecule has 1 aromatic heterocycles. The molecule has 30 heavy (non-hydrogen) atoms. The van der Waals surface area contributed by atoms with Crippen molar-refractivity contribution in [3.8, 4) is 5.75 Å². The number of rotatable bonds is 4. The lowest BCUT2D eigenvalue weighted by Crippen LogP contribution is -2.29. The van der Waals surface area contributed by atoms with Crippen molar-refractivity contribution in [2.75, 3.05) is 12.0 Å². The average Bonchev–Trinajstić information content (AvgIpc) is 3.04. The van der Waals surface area contributed by atoms with Crippen molar-refractivity contribution in [1.29, 1.82) is 0 Å². The van der Waals surface area contributed by atoms with E-state index in [0.29, 0.717) is 22.6 Å². The molecule has 1 fully saturated rings. The maximum Gasteiger partial charge on any atom is 0.300 e. The molecule has 0 saturated carbocycles. The van der Waals surface area contributed by atoms with Crippen molar-refractivity contribution in [2.24, 2.45) is 0 Å². The molecule has 2 aromatic carbocycles. The first-order chi connectivity index (χ1) is 14.5. The molecule has 1 aliphatic rings. The number of hydrogen-bond donors (Lipinski definition) is 1. The van der Waals surface area contributed by atoms with Crippen molar-refractivity contribution in [3.63, 3.8) is 0 Å². The number of pyridine rings is 1. The molecule has 0 bridgehead atoms. The third kappa shape index (κ3) is 3.37. The molecule has 1 amide bonds.